The first-order chi connectivity index (χ1) is 8.15. The fraction of sp³-hybridized carbons (Fsp3) is 0.833. The quantitative estimate of drug-likeness (QED) is 0.627. The van der Waals surface area contributed by atoms with Gasteiger partial charge in [-0.1, -0.05) is 13.3 Å². The molecule has 1 saturated heterocycles. The molecule has 1 fully saturated rings. The minimum Gasteiger partial charge on any atom is -0.355 e. The Morgan fingerprint density at radius 2 is 2.35 bits per heavy atom. The van der Waals surface area contributed by atoms with Crippen LogP contribution in [0.3, 0.4) is 0 Å². The van der Waals surface area contributed by atoms with Crippen molar-refractivity contribution in [3.05, 3.63) is 0 Å². The third-order valence-electron chi connectivity index (χ3n) is 3.01. The first kappa shape index (κ1) is 14.0. The molecule has 98 valence electrons. The molecule has 0 aromatic heterocycles. The highest BCUT2D eigenvalue weighted by Gasteiger charge is 2.19. The maximum atomic E-state index is 11.5. The largest absolute Gasteiger partial charge is 0.355 e. The summed E-state index contributed by atoms with van der Waals surface area (Å²) in [6, 6.07) is -0.395. The highest BCUT2D eigenvalue weighted by atomic mass is 16.2. The molecule has 0 spiro atoms. The summed E-state index contributed by atoms with van der Waals surface area (Å²) in [6.45, 7) is 4.20. The van der Waals surface area contributed by atoms with Crippen LogP contribution in [0, 0.1) is 0 Å². The second-order valence-corrected chi connectivity index (χ2v) is 4.52. The average Bonchev–Trinajstić information content (AvgIpc) is 2.70. The third kappa shape index (κ3) is 4.73. The van der Waals surface area contributed by atoms with Crippen LogP contribution in [0.5, 0.6) is 0 Å². The first-order valence-corrected chi connectivity index (χ1v) is 6.46. The van der Waals surface area contributed by atoms with Gasteiger partial charge in [0.25, 0.3) is 0 Å². The number of hydrogen-bond acceptors (Lipinski definition) is 3. The van der Waals surface area contributed by atoms with Crippen molar-refractivity contribution < 1.29 is 9.59 Å². The molecule has 1 unspecified atom stereocenters. The van der Waals surface area contributed by atoms with Crippen molar-refractivity contribution in [1.29, 1.82) is 0 Å². The molecule has 5 heteroatoms. The molecule has 1 rings (SSSR count). The summed E-state index contributed by atoms with van der Waals surface area (Å²) in [5, 5.41) is 2.80. The van der Waals surface area contributed by atoms with Crippen LogP contribution in [0.4, 0.5) is 0 Å². The maximum Gasteiger partial charge on any atom is 0.236 e. The Bertz CT molecular complexity index is 268. The number of nitrogens with two attached hydrogens (primary N) is 1. The molecule has 0 aliphatic carbocycles. The van der Waals surface area contributed by atoms with E-state index in [1.807, 2.05) is 11.8 Å². The second kappa shape index (κ2) is 7.27. The van der Waals surface area contributed by atoms with Crippen LogP contribution in [-0.4, -0.2) is 42.4 Å². The third-order valence-corrected chi connectivity index (χ3v) is 3.01. The van der Waals surface area contributed by atoms with Crippen molar-refractivity contribution in [1.82, 2.24) is 10.2 Å². The molecule has 0 aromatic rings. The van der Waals surface area contributed by atoms with Gasteiger partial charge in [0.05, 0.1) is 6.04 Å². The number of carbonyl (C=O) groups is 2. The van der Waals surface area contributed by atoms with Gasteiger partial charge in [0.1, 0.15) is 0 Å². The highest BCUT2D eigenvalue weighted by molar-refractivity contribution is 5.81. The van der Waals surface area contributed by atoms with Gasteiger partial charge in [-0.2, -0.15) is 0 Å². The Morgan fingerprint density at radius 3 is 2.94 bits per heavy atom. The molecule has 0 radical (unpaired) electrons. The Hall–Kier alpha value is -1.10. The minimum atomic E-state index is -0.395. The van der Waals surface area contributed by atoms with Gasteiger partial charge in [0.2, 0.25) is 11.8 Å². The normalized spacial score (nSPS) is 17.3. The number of nitrogens with zero attached hydrogens (tertiary/aromatic N) is 1. The zero-order valence-corrected chi connectivity index (χ0v) is 10.6. The van der Waals surface area contributed by atoms with E-state index in [2.05, 4.69) is 5.32 Å². The van der Waals surface area contributed by atoms with Gasteiger partial charge in [-0.15, -0.1) is 0 Å². The summed E-state index contributed by atoms with van der Waals surface area (Å²) in [7, 11) is 0. The fourth-order valence-electron chi connectivity index (χ4n) is 2.00. The summed E-state index contributed by atoms with van der Waals surface area (Å²) >= 11 is 0. The molecule has 17 heavy (non-hydrogen) atoms. The lowest BCUT2D eigenvalue weighted by Gasteiger charge is -2.16. The molecule has 1 atom stereocenters. The number of likely N-dealkylation sites (tertiary alicyclic amines) is 1. The SMILES string of the molecule is CCCC(N)C(=O)NCCCN1CCCC1=O. The Kier molecular flexibility index (Phi) is 5.97. The predicted molar refractivity (Wildman–Crippen MR) is 66.3 cm³/mol. The standard InChI is InChI=1S/C12H23N3O2/c1-2-5-10(13)12(17)14-7-4-9-15-8-3-6-11(15)16/h10H,2-9,13H2,1H3,(H,14,17). The molecule has 1 heterocycles. The smallest absolute Gasteiger partial charge is 0.236 e. The van der Waals surface area contributed by atoms with E-state index in [1.54, 1.807) is 0 Å². The van der Waals surface area contributed by atoms with Crippen LogP contribution in [0.1, 0.15) is 39.0 Å². The fourth-order valence-corrected chi connectivity index (χ4v) is 2.00. The van der Waals surface area contributed by atoms with Crippen LogP contribution in [-0.2, 0) is 9.59 Å². The van der Waals surface area contributed by atoms with E-state index in [-0.39, 0.29) is 11.8 Å². The summed E-state index contributed by atoms with van der Waals surface area (Å²) in [5.41, 5.74) is 5.68. The number of nitrogens with one attached hydrogen (secondary N) is 1. The molecule has 3 N–H and O–H groups in total. The second-order valence-electron chi connectivity index (χ2n) is 4.52. The van der Waals surface area contributed by atoms with Crippen molar-refractivity contribution in [3.8, 4) is 0 Å². The molecule has 0 bridgehead atoms. The maximum absolute atomic E-state index is 11.5. The zero-order valence-electron chi connectivity index (χ0n) is 10.6. The Morgan fingerprint density at radius 1 is 1.59 bits per heavy atom. The van der Waals surface area contributed by atoms with Crippen molar-refractivity contribution >= 4 is 11.8 Å². The Labute approximate surface area is 103 Å². The Balaban J connectivity index is 2.07. The van der Waals surface area contributed by atoms with Crippen molar-refractivity contribution in [2.75, 3.05) is 19.6 Å². The van der Waals surface area contributed by atoms with E-state index < -0.39 is 6.04 Å². The summed E-state index contributed by atoms with van der Waals surface area (Å²) in [6.07, 6.45) is 4.07. The summed E-state index contributed by atoms with van der Waals surface area (Å²) in [5.74, 6) is 0.151. The van der Waals surface area contributed by atoms with E-state index in [0.29, 0.717) is 13.0 Å². The van der Waals surface area contributed by atoms with Gasteiger partial charge in [0.15, 0.2) is 0 Å². The van der Waals surface area contributed by atoms with E-state index >= 15 is 0 Å². The lowest BCUT2D eigenvalue weighted by atomic mass is 10.1. The molecule has 1 aliphatic heterocycles. The monoisotopic (exact) mass is 241 g/mol. The van der Waals surface area contributed by atoms with Crippen LogP contribution >= 0.6 is 0 Å². The van der Waals surface area contributed by atoms with Gasteiger partial charge in [-0.05, 0) is 19.3 Å². The molecule has 2 amide bonds. The van der Waals surface area contributed by atoms with Gasteiger partial charge >= 0.3 is 0 Å². The van der Waals surface area contributed by atoms with E-state index in [4.69, 9.17) is 5.73 Å². The van der Waals surface area contributed by atoms with E-state index in [1.165, 1.54) is 0 Å². The molecular formula is C12H23N3O2. The van der Waals surface area contributed by atoms with Crippen LogP contribution in [0.25, 0.3) is 0 Å². The number of carbonyl (C=O) groups excluding carboxylic acids is 2. The molecular weight excluding hydrogens is 218 g/mol. The molecule has 0 saturated carbocycles. The van der Waals surface area contributed by atoms with Crippen molar-refractivity contribution in [2.24, 2.45) is 5.73 Å². The van der Waals surface area contributed by atoms with Gasteiger partial charge < -0.3 is 16.0 Å². The first-order valence-electron chi connectivity index (χ1n) is 6.46. The number of rotatable bonds is 7. The van der Waals surface area contributed by atoms with Crippen LogP contribution in [0.15, 0.2) is 0 Å². The van der Waals surface area contributed by atoms with E-state index in [9.17, 15) is 9.59 Å². The zero-order chi connectivity index (χ0) is 12.7. The number of hydrogen-bond donors (Lipinski definition) is 2. The lowest BCUT2D eigenvalue weighted by Crippen LogP contribution is -2.41. The number of amides is 2. The van der Waals surface area contributed by atoms with Crippen molar-refractivity contribution in [2.45, 2.75) is 45.1 Å². The summed E-state index contributed by atoms with van der Waals surface area (Å²) < 4.78 is 0. The molecule has 0 aromatic carbocycles. The van der Waals surface area contributed by atoms with Gasteiger partial charge in [-0.25, -0.2) is 0 Å². The van der Waals surface area contributed by atoms with Gasteiger partial charge in [0, 0.05) is 26.1 Å². The molecule has 1 aliphatic rings. The topological polar surface area (TPSA) is 75.4 Å². The average molecular weight is 241 g/mol. The van der Waals surface area contributed by atoms with Crippen LogP contribution in [0.2, 0.25) is 0 Å². The van der Waals surface area contributed by atoms with Crippen molar-refractivity contribution in [3.63, 3.8) is 0 Å². The molecule has 5 nitrogen and oxygen atoms in total. The van der Waals surface area contributed by atoms with Crippen LogP contribution < -0.4 is 11.1 Å². The van der Waals surface area contributed by atoms with E-state index in [0.717, 1.165) is 38.8 Å². The summed E-state index contributed by atoms with van der Waals surface area (Å²) in [4.78, 5) is 24.7. The lowest BCUT2D eigenvalue weighted by molar-refractivity contribution is -0.127. The van der Waals surface area contributed by atoms with Gasteiger partial charge in [-0.3, -0.25) is 9.59 Å². The minimum absolute atomic E-state index is 0.0837. The highest BCUT2D eigenvalue weighted by Crippen LogP contribution is 2.09. The predicted octanol–water partition coefficient (Wildman–Crippen LogP) is 0.243.